The molecule has 0 amide bonds. The summed E-state index contributed by atoms with van der Waals surface area (Å²) in [5.41, 5.74) is 0. The van der Waals surface area contributed by atoms with Crippen LogP contribution in [0.5, 0.6) is 0 Å². The molecule has 0 aromatic carbocycles. The lowest BCUT2D eigenvalue weighted by atomic mass is 9.97. The summed E-state index contributed by atoms with van der Waals surface area (Å²) in [5.74, 6) is 0. The highest BCUT2D eigenvalue weighted by molar-refractivity contribution is 4.93. The minimum absolute atomic E-state index is 0.667. The molecule has 0 spiro atoms. The largest absolute Gasteiger partial charge is 0.394 e. The van der Waals surface area contributed by atoms with Gasteiger partial charge < -0.3 is 55.1 Å². The van der Waals surface area contributed by atoms with Crippen LogP contribution in [0.15, 0.2) is 0 Å². The normalized spacial score (nSPS) is 51.7. The van der Waals surface area contributed by atoms with Crippen molar-refractivity contribution in [2.75, 3.05) is 13.2 Å². The van der Waals surface area contributed by atoms with E-state index in [0.29, 0.717) is 0 Å². The molecule has 136 valence electrons. The summed E-state index contributed by atoms with van der Waals surface area (Å²) < 4.78 is 15.3. The maximum atomic E-state index is 9.94. The zero-order chi connectivity index (χ0) is 17.3. The standard InChI is InChI=1S/C12H22O11/c13-1-3-5(15)6(16)9(19)12(22-3)23-10-4(2-14)21-11(20)8(18)7(10)17/h3-20H,1-2H2/t3-,4+,5-,6-,7+,8-,9-,10-,11-,12+/m1/s1. The van der Waals surface area contributed by atoms with Gasteiger partial charge in [-0.15, -0.1) is 0 Å². The Morgan fingerprint density at radius 3 is 1.83 bits per heavy atom. The van der Waals surface area contributed by atoms with E-state index in [1.807, 2.05) is 0 Å². The van der Waals surface area contributed by atoms with Crippen molar-refractivity contribution in [3.8, 4) is 0 Å². The summed E-state index contributed by atoms with van der Waals surface area (Å²) in [5, 5.41) is 76.5. The van der Waals surface area contributed by atoms with E-state index in [1.165, 1.54) is 0 Å². The molecule has 2 rings (SSSR count). The fourth-order valence-corrected chi connectivity index (χ4v) is 2.57. The van der Waals surface area contributed by atoms with Gasteiger partial charge in [0.2, 0.25) is 0 Å². The minimum atomic E-state index is -1.74. The van der Waals surface area contributed by atoms with E-state index in [-0.39, 0.29) is 0 Å². The van der Waals surface area contributed by atoms with E-state index in [2.05, 4.69) is 0 Å². The summed E-state index contributed by atoms with van der Waals surface area (Å²) in [6.07, 6.45) is -15.6. The van der Waals surface area contributed by atoms with Crippen LogP contribution in [0.25, 0.3) is 0 Å². The Balaban J connectivity index is 2.11. The van der Waals surface area contributed by atoms with Gasteiger partial charge in [0.1, 0.15) is 48.8 Å². The van der Waals surface area contributed by atoms with Gasteiger partial charge in [-0.2, -0.15) is 0 Å². The Hall–Kier alpha value is -0.440. The van der Waals surface area contributed by atoms with Gasteiger partial charge in [0, 0.05) is 0 Å². The lowest BCUT2D eigenvalue weighted by Gasteiger charge is -2.45. The van der Waals surface area contributed by atoms with Crippen molar-refractivity contribution < 1.29 is 55.1 Å². The molecule has 0 aliphatic carbocycles. The molecule has 23 heavy (non-hydrogen) atoms. The molecule has 0 radical (unpaired) electrons. The van der Waals surface area contributed by atoms with Crippen molar-refractivity contribution >= 4 is 0 Å². The second kappa shape index (κ2) is 7.63. The van der Waals surface area contributed by atoms with E-state index in [0.717, 1.165) is 0 Å². The molecular formula is C12H22O11. The molecule has 0 bridgehead atoms. The second-order valence-corrected chi connectivity index (χ2v) is 5.53. The Bertz CT molecular complexity index is 378. The molecule has 2 aliphatic heterocycles. The summed E-state index contributed by atoms with van der Waals surface area (Å²) in [7, 11) is 0. The molecule has 0 aromatic heterocycles. The first-order chi connectivity index (χ1) is 10.8. The van der Waals surface area contributed by atoms with E-state index in [1.54, 1.807) is 0 Å². The topological polar surface area (TPSA) is 190 Å². The van der Waals surface area contributed by atoms with E-state index < -0.39 is 74.6 Å². The Morgan fingerprint density at radius 1 is 0.652 bits per heavy atom. The van der Waals surface area contributed by atoms with E-state index in [4.69, 9.17) is 19.3 Å². The highest BCUT2D eigenvalue weighted by atomic mass is 16.7. The fraction of sp³-hybridized carbons (Fsp3) is 1.00. The van der Waals surface area contributed by atoms with Gasteiger partial charge in [0.15, 0.2) is 12.6 Å². The Morgan fingerprint density at radius 2 is 1.26 bits per heavy atom. The third kappa shape index (κ3) is 3.65. The van der Waals surface area contributed by atoms with Gasteiger partial charge in [-0.3, -0.25) is 0 Å². The van der Waals surface area contributed by atoms with Gasteiger partial charge in [-0.05, 0) is 0 Å². The smallest absolute Gasteiger partial charge is 0.187 e. The van der Waals surface area contributed by atoms with Crippen molar-refractivity contribution in [1.82, 2.24) is 0 Å². The predicted molar refractivity (Wildman–Crippen MR) is 68.6 cm³/mol. The molecule has 11 heteroatoms. The predicted octanol–water partition coefficient (Wildman–Crippen LogP) is -5.40. The Labute approximate surface area is 130 Å². The van der Waals surface area contributed by atoms with Gasteiger partial charge in [-0.1, -0.05) is 0 Å². The average molecular weight is 342 g/mol. The third-order valence-corrected chi connectivity index (χ3v) is 3.98. The van der Waals surface area contributed by atoms with Crippen LogP contribution < -0.4 is 0 Å². The molecule has 8 N–H and O–H groups in total. The summed E-state index contributed by atoms with van der Waals surface area (Å²) in [6, 6.07) is 0. The van der Waals surface area contributed by atoms with Crippen molar-refractivity contribution in [1.29, 1.82) is 0 Å². The SMILES string of the molecule is OC[C@@H]1O[C@@H](O)[C@H](O)[C@H](O)[C@@H]1O[C@@H]1O[C@H](CO)[C@@H](O)[C@@H](O)[C@H]1O. The van der Waals surface area contributed by atoms with Crippen molar-refractivity contribution in [3.05, 3.63) is 0 Å². The number of ether oxygens (including phenoxy) is 3. The van der Waals surface area contributed by atoms with Gasteiger partial charge >= 0.3 is 0 Å². The molecule has 0 aromatic rings. The number of aliphatic hydroxyl groups excluding tert-OH is 8. The number of hydrogen-bond acceptors (Lipinski definition) is 11. The highest BCUT2D eigenvalue weighted by Gasteiger charge is 2.50. The van der Waals surface area contributed by atoms with E-state index in [9.17, 15) is 35.7 Å². The van der Waals surface area contributed by atoms with Crippen LogP contribution in [0.3, 0.4) is 0 Å². The van der Waals surface area contributed by atoms with Crippen LogP contribution in [-0.2, 0) is 14.2 Å². The van der Waals surface area contributed by atoms with Crippen molar-refractivity contribution in [2.24, 2.45) is 0 Å². The van der Waals surface area contributed by atoms with Crippen LogP contribution in [0.4, 0.5) is 0 Å². The van der Waals surface area contributed by atoms with E-state index >= 15 is 0 Å². The zero-order valence-electron chi connectivity index (χ0n) is 12.0. The van der Waals surface area contributed by atoms with Gasteiger partial charge in [0.25, 0.3) is 0 Å². The zero-order valence-corrected chi connectivity index (χ0v) is 12.0. The molecule has 11 nitrogen and oxygen atoms in total. The molecule has 2 saturated heterocycles. The van der Waals surface area contributed by atoms with Crippen LogP contribution in [0, 0.1) is 0 Å². The van der Waals surface area contributed by atoms with Gasteiger partial charge in [0.05, 0.1) is 13.2 Å². The monoisotopic (exact) mass is 342 g/mol. The fourth-order valence-electron chi connectivity index (χ4n) is 2.57. The molecule has 10 atom stereocenters. The summed E-state index contributed by atoms with van der Waals surface area (Å²) in [4.78, 5) is 0. The minimum Gasteiger partial charge on any atom is -0.394 e. The lowest BCUT2D eigenvalue weighted by Crippen LogP contribution is -2.64. The van der Waals surface area contributed by atoms with Crippen molar-refractivity contribution in [3.63, 3.8) is 0 Å². The first-order valence-corrected chi connectivity index (χ1v) is 7.08. The third-order valence-electron chi connectivity index (χ3n) is 3.98. The van der Waals surface area contributed by atoms with Crippen LogP contribution in [0.2, 0.25) is 0 Å². The first kappa shape index (κ1) is 18.9. The summed E-state index contributed by atoms with van der Waals surface area (Å²) in [6.45, 7) is -1.35. The molecule has 0 unspecified atom stereocenters. The number of rotatable bonds is 4. The average Bonchev–Trinajstić information content (AvgIpc) is 2.55. The van der Waals surface area contributed by atoms with Crippen LogP contribution in [-0.4, -0.2) is 115 Å². The lowest BCUT2D eigenvalue weighted by molar-refractivity contribution is -0.355. The molecule has 2 aliphatic rings. The number of hydrogen-bond donors (Lipinski definition) is 8. The van der Waals surface area contributed by atoms with Gasteiger partial charge in [-0.25, -0.2) is 0 Å². The molecule has 0 saturated carbocycles. The first-order valence-electron chi connectivity index (χ1n) is 7.08. The van der Waals surface area contributed by atoms with Crippen LogP contribution >= 0.6 is 0 Å². The number of aliphatic hydroxyl groups is 8. The second-order valence-electron chi connectivity index (χ2n) is 5.53. The molecular weight excluding hydrogens is 320 g/mol. The van der Waals surface area contributed by atoms with Crippen LogP contribution in [0.1, 0.15) is 0 Å². The maximum absolute atomic E-state index is 9.94. The quantitative estimate of drug-likeness (QED) is 0.243. The van der Waals surface area contributed by atoms with Crippen molar-refractivity contribution in [2.45, 2.75) is 61.4 Å². The highest BCUT2D eigenvalue weighted by Crippen LogP contribution is 2.28. The molecule has 2 heterocycles. The maximum Gasteiger partial charge on any atom is 0.187 e. The molecule has 2 fully saturated rings. The Kier molecular flexibility index (Phi) is 6.27. The summed E-state index contributed by atoms with van der Waals surface area (Å²) >= 11 is 0.